The summed E-state index contributed by atoms with van der Waals surface area (Å²) in [7, 11) is -4.48. The maximum Gasteiger partial charge on any atom is 0.341 e. The summed E-state index contributed by atoms with van der Waals surface area (Å²) in [6.45, 7) is 1.51. The van der Waals surface area contributed by atoms with Gasteiger partial charge in [-0.15, -0.1) is 0 Å². The highest BCUT2D eigenvalue weighted by molar-refractivity contribution is 7.92. The van der Waals surface area contributed by atoms with E-state index in [1.54, 1.807) is 0 Å². The van der Waals surface area contributed by atoms with Crippen LogP contribution in [-0.4, -0.2) is 24.7 Å². The molecular formula is C11H8F2N2O5S. The number of nitrogens with zero attached hydrogens (tertiary/aromatic N) is 1. The highest BCUT2D eigenvalue weighted by Gasteiger charge is 2.27. The number of nitrogens with one attached hydrogen (secondary N) is 1. The number of rotatable bonds is 4. The van der Waals surface area contributed by atoms with Crippen LogP contribution in [0.15, 0.2) is 27.6 Å². The van der Waals surface area contributed by atoms with Crippen molar-refractivity contribution in [3.05, 3.63) is 41.2 Å². The lowest BCUT2D eigenvalue weighted by Gasteiger charge is -2.08. The Kier molecular flexibility index (Phi) is 3.64. The Labute approximate surface area is 117 Å². The molecule has 2 rings (SSSR count). The second-order valence-electron chi connectivity index (χ2n) is 3.97. The highest BCUT2D eigenvalue weighted by Crippen LogP contribution is 2.23. The maximum atomic E-state index is 13.9. The third-order valence-electron chi connectivity index (χ3n) is 2.43. The van der Waals surface area contributed by atoms with Gasteiger partial charge in [0.15, 0.2) is 11.6 Å². The Hall–Kier alpha value is -2.49. The number of hydrogen-bond donors (Lipinski definition) is 2. The fourth-order valence-corrected chi connectivity index (χ4v) is 2.61. The van der Waals surface area contributed by atoms with Crippen molar-refractivity contribution in [3.63, 3.8) is 0 Å². The molecule has 0 radical (unpaired) electrons. The van der Waals surface area contributed by atoms with Crippen LogP contribution in [-0.2, 0) is 10.0 Å². The summed E-state index contributed by atoms with van der Waals surface area (Å²) in [4.78, 5) is 9.75. The fraction of sp³-hybridized carbons (Fsp3) is 0.0909. The van der Waals surface area contributed by atoms with E-state index >= 15 is 0 Å². The zero-order valence-electron chi connectivity index (χ0n) is 10.4. The Morgan fingerprint density at radius 1 is 1.38 bits per heavy atom. The van der Waals surface area contributed by atoms with Crippen molar-refractivity contribution in [2.45, 2.75) is 11.8 Å². The van der Waals surface area contributed by atoms with Gasteiger partial charge in [-0.1, -0.05) is 5.16 Å². The van der Waals surface area contributed by atoms with Crippen LogP contribution in [0.5, 0.6) is 0 Å². The number of carbonyl (C=O) groups is 1. The van der Waals surface area contributed by atoms with Crippen molar-refractivity contribution in [2.24, 2.45) is 0 Å². The second kappa shape index (κ2) is 5.13. The van der Waals surface area contributed by atoms with Gasteiger partial charge in [0, 0.05) is 6.07 Å². The lowest BCUT2D eigenvalue weighted by atomic mass is 10.2. The number of carboxylic acid groups (broad SMARTS) is 1. The summed E-state index contributed by atoms with van der Waals surface area (Å²) in [5, 5.41) is 12.1. The van der Waals surface area contributed by atoms with Crippen molar-refractivity contribution in [3.8, 4) is 0 Å². The number of halogens is 2. The van der Waals surface area contributed by atoms with Gasteiger partial charge in [-0.05, 0) is 19.1 Å². The summed E-state index contributed by atoms with van der Waals surface area (Å²) >= 11 is 0. The number of anilines is 1. The summed E-state index contributed by atoms with van der Waals surface area (Å²) in [6, 6.07) is 2.40. The van der Waals surface area contributed by atoms with Gasteiger partial charge in [-0.3, -0.25) is 4.72 Å². The third-order valence-corrected chi connectivity index (χ3v) is 3.80. The third kappa shape index (κ3) is 2.84. The molecule has 1 aromatic heterocycles. The SMILES string of the molecule is Cc1cc(NS(=O)(=O)c2ccc(F)c(C(=O)O)c2F)no1. The molecule has 0 unspecified atom stereocenters. The fourth-order valence-electron chi connectivity index (χ4n) is 1.54. The highest BCUT2D eigenvalue weighted by atomic mass is 32.2. The van der Waals surface area contributed by atoms with Crippen LogP contribution in [0.4, 0.5) is 14.6 Å². The van der Waals surface area contributed by atoms with Crippen LogP contribution in [0.25, 0.3) is 0 Å². The minimum atomic E-state index is -4.48. The van der Waals surface area contributed by atoms with E-state index in [0.717, 1.165) is 0 Å². The van der Waals surface area contributed by atoms with Crippen molar-refractivity contribution in [1.82, 2.24) is 5.16 Å². The van der Waals surface area contributed by atoms with Gasteiger partial charge >= 0.3 is 5.97 Å². The van der Waals surface area contributed by atoms with Crippen molar-refractivity contribution in [2.75, 3.05) is 4.72 Å². The van der Waals surface area contributed by atoms with Gasteiger partial charge in [0.05, 0.1) is 0 Å². The van der Waals surface area contributed by atoms with E-state index in [0.29, 0.717) is 17.9 Å². The molecule has 7 nitrogen and oxygen atoms in total. The molecule has 0 saturated heterocycles. The number of benzene rings is 1. The van der Waals surface area contributed by atoms with Crippen LogP contribution in [0.1, 0.15) is 16.1 Å². The lowest BCUT2D eigenvalue weighted by Crippen LogP contribution is -2.17. The molecule has 0 spiro atoms. The average Bonchev–Trinajstić information content (AvgIpc) is 2.72. The average molecular weight is 318 g/mol. The Morgan fingerprint density at radius 2 is 2.05 bits per heavy atom. The van der Waals surface area contributed by atoms with Crippen LogP contribution >= 0.6 is 0 Å². The van der Waals surface area contributed by atoms with E-state index in [9.17, 15) is 22.0 Å². The molecule has 10 heteroatoms. The molecule has 0 fully saturated rings. The van der Waals surface area contributed by atoms with Crippen LogP contribution in [0, 0.1) is 18.6 Å². The first-order valence-electron chi connectivity index (χ1n) is 5.40. The number of sulfonamides is 1. The van der Waals surface area contributed by atoms with E-state index in [-0.39, 0.29) is 5.82 Å². The Bertz CT molecular complexity index is 816. The largest absolute Gasteiger partial charge is 0.477 e. The van der Waals surface area contributed by atoms with Gasteiger partial charge in [0.25, 0.3) is 10.0 Å². The molecular weight excluding hydrogens is 310 g/mol. The monoisotopic (exact) mass is 318 g/mol. The zero-order valence-corrected chi connectivity index (χ0v) is 11.2. The number of carboxylic acids is 1. The quantitative estimate of drug-likeness (QED) is 0.889. The van der Waals surface area contributed by atoms with E-state index < -0.39 is 38.1 Å². The maximum absolute atomic E-state index is 13.9. The number of aromatic carboxylic acids is 1. The summed E-state index contributed by atoms with van der Waals surface area (Å²) in [5.74, 6) is -4.91. The molecule has 112 valence electrons. The normalized spacial score (nSPS) is 11.4. The first kappa shape index (κ1) is 14.9. The smallest absolute Gasteiger partial charge is 0.341 e. The molecule has 1 aromatic carbocycles. The van der Waals surface area contributed by atoms with Crippen LogP contribution < -0.4 is 4.72 Å². The standard InChI is InChI=1S/C11H8F2N2O5S/c1-5-4-8(14-20-5)15-21(18,19)7-3-2-6(12)9(10(7)13)11(16)17/h2-4H,1H3,(H,14,15)(H,16,17). The van der Waals surface area contributed by atoms with Crippen LogP contribution in [0.3, 0.4) is 0 Å². The minimum Gasteiger partial charge on any atom is -0.477 e. The molecule has 0 saturated carbocycles. The van der Waals surface area contributed by atoms with E-state index in [4.69, 9.17) is 5.11 Å². The molecule has 1 heterocycles. The first-order valence-corrected chi connectivity index (χ1v) is 6.88. The second-order valence-corrected chi connectivity index (χ2v) is 5.62. The summed E-state index contributed by atoms with van der Waals surface area (Å²) in [5.41, 5.74) is -1.35. The zero-order chi connectivity index (χ0) is 15.8. The molecule has 0 atom stereocenters. The van der Waals surface area contributed by atoms with Gasteiger partial charge in [0.2, 0.25) is 0 Å². The predicted molar refractivity (Wildman–Crippen MR) is 65.4 cm³/mol. The Morgan fingerprint density at radius 3 is 2.57 bits per heavy atom. The van der Waals surface area contributed by atoms with Gasteiger partial charge in [-0.2, -0.15) is 0 Å². The van der Waals surface area contributed by atoms with Crippen molar-refractivity contribution >= 4 is 21.8 Å². The van der Waals surface area contributed by atoms with Gasteiger partial charge in [-0.25, -0.2) is 22.0 Å². The molecule has 21 heavy (non-hydrogen) atoms. The predicted octanol–water partition coefficient (Wildman–Crippen LogP) is 1.76. The van der Waals surface area contributed by atoms with E-state index in [2.05, 4.69) is 9.68 Å². The van der Waals surface area contributed by atoms with Crippen molar-refractivity contribution < 1.29 is 31.6 Å². The molecule has 0 bridgehead atoms. The Balaban J connectivity index is 2.50. The topological polar surface area (TPSA) is 110 Å². The van der Waals surface area contributed by atoms with E-state index in [1.165, 1.54) is 13.0 Å². The van der Waals surface area contributed by atoms with Gasteiger partial charge < -0.3 is 9.63 Å². The summed E-state index contributed by atoms with van der Waals surface area (Å²) < 4.78 is 57.6. The molecule has 0 aliphatic heterocycles. The van der Waals surface area contributed by atoms with E-state index in [1.807, 2.05) is 4.72 Å². The lowest BCUT2D eigenvalue weighted by molar-refractivity contribution is 0.0685. The van der Waals surface area contributed by atoms with Gasteiger partial charge in [0.1, 0.15) is 22.0 Å². The molecule has 0 amide bonds. The molecule has 0 aliphatic rings. The molecule has 2 aromatic rings. The number of aryl methyl sites for hydroxylation is 1. The molecule has 2 N–H and O–H groups in total. The number of aromatic nitrogens is 1. The number of hydrogen-bond acceptors (Lipinski definition) is 5. The summed E-state index contributed by atoms with van der Waals surface area (Å²) in [6.07, 6.45) is 0. The van der Waals surface area contributed by atoms with Crippen molar-refractivity contribution in [1.29, 1.82) is 0 Å². The first-order chi connectivity index (χ1) is 9.72. The minimum absolute atomic E-state index is 0.215. The van der Waals surface area contributed by atoms with Crippen LogP contribution in [0.2, 0.25) is 0 Å². The molecule has 0 aliphatic carbocycles.